The fraction of sp³-hybridized carbons (Fsp3) is 0.261. The number of pyridine rings is 1. The third-order valence-corrected chi connectivity index (χ3v) is 5.91. The standard InChI is InChI=1S/C23H20N2O3/c26-22(25-12-14-6-1-2-7-15(14)18(13-25)23(27)28)21-16-8-3-4-10-19(16)24-20-11-5-9-17(20)21/h1-4,6-8,10,18H,5,9,11-13H2,(H,27,28). The molecule has 0 radical (unpaired) electrons. The van der Waals surface area contributed by atoms with Crippen LogP contribution in [-0.4, -0.2) is 33.4 Å². The lowest BCUT2D eigenvalue weighted by atomic mass is 9.89. The van der Waals surface area contributed by atoms with Gasteiger partial charge in [-0.2, -0.15) is 0 Å². The first kappa shape index (κ1) is 16.9. The zero-order valence-corrected chi connectivity index (χ0v) is 15.4. The number of amides is 1. The minimum absolute atomic E-state index is 0.0856. The maximum Gasteiger partial charge on any atom is 0.312 e. The van der Waals surface area contributed by atoms with Crippen molar-refractivity contribution < 1.29 is 14.7 Å². The second-order valence-corrected chi connectivity index (χ2v) is 7.56. The molecule has 1 aromatic heterocycles. The first-order valence-electron chi connectivity index (χ1n) is 9.64. The lowest BCUT2D eigenvalue weighted by Gasteiger charge is -2.33. The number of hydrogen-bond acceptors (Lipinski definition) is 3. The average molecular weight is 372 g/mol. The Kier molecular flexibility index (Phi) is 3.90. The van der Waals surface area contributed by atoms with Crippen LogP contribution >= 0.6 is 0 Å². The molecular formula is C23H20N2O3. The van der Waals surface area contributed by atoms with Gasteiger partial charge in [0.05, 0.1) is 17.0 Å². The summed E-state index contributed by atoms with van der Waals surface area (Å²) in [6, 6.07) is 15.3. The molecule has 2 heterocycles. The summed E-state index contributed by atoms with van der Waals surface area (Å²) in [5.41, 5.74) is 5.30. The van der Waals surface area contributed by atoms with E-state index in [-0.39, 0.29) is 12.5 Å². The molecule has 5 heteroatoms. The van der Waals surface area contributed by atoms with Crippen molar-refractivity contribution >= 4 is 22.8 Å². The molecule has 1 amide bonds. The second-order valence-electron chi connectivity index (χ2n) is 7.56. The number of fused-ring (bicyclic) bond motifs is 3. The van der Waals surface area contributed by atoms with E-state index in [1.165, 1.54) is 0 Å². The highest BCUT2D eigenvalue weighted by molar-refractivity contribution is 6.08. The van der Waals surface area contributed by atoms with E-state index in [1.54, 1.807) is 4.90 Å². The third kappa shape index (κ3) is 2.58. The minimum atomic E-state index is -0.894. The molecule has 0 saturated heterocycles. The molecule has 2 aromatic carbocycles. The number of aromatic nitrogens is 1. The molecule has 0 fully saturated rings. The van der Waals surface area contributed by atoms with Gasteiger partial charge in [0, 0.05) is 24.2 Å². The first-order valence-corrected chi connectivity index (χ1v) is 9.64. The molecule has 28 heavy (non-hydrogen) atoms. The zero-order valence-electron chi connectivity index (χ0n) is 15.4. The van der Waals surface area contributed by atoms with Gasteiger partial charge < -0.3 is 10.0 Å². The van der Waals surface area contributed by atoms with E-state index in [1.807, 2.05) is 48.5 Å². The van der Waals surface area contributed by atoms with Crippen LogP contribution in [0.4, 0.5) is 0 Å². The molecule has 1 atom stereocenters. The Bertz CT molecular complexity index is 1120. The molecule has 5 nitrogen and oxygen atoms in total. The zero-order chi connectivity index (χ0) is 19.3. The summed E-state index contributed by atoms with van der Waals surface area (Å²) in [7, 11) is 0. The van der Waals surface area contributed by atoms with E-state index >= 15 is 0 Å². The monoisotopic (exact) mass is 372 g/mol. The molecular weight excluding hydrogens is 352 g/mol. The van der Waals surface area contributed by atoms with Crippen molar-refractivity contribution in [1.82, 2.24) is 9.88 Å². The van der Waals surface area contributed by atoms with Crippen molar-refractivity contribution in [2.24, 2.45) is 0 Å². The van der Waals surface area contributed by atoms with Gasteiger partial charge in [-0.15, -0.1) is 0 Å². The number of hydrogen-bond donors (Lipinski definition) is 1. The van der Waals surface area contributed by atoms with E-state index in [9.17, 15) is 14.7 Å². The summed E-state index contributed by atoms with van der Waals surface area (Å²) in [6.45, 7) is 0.626. The van der Waals surface area contributed by atoms with Gasteiger partial charge in [0.2, 0.25) is 0 Å². The molecule has 140 valence electrons. The van der Waals surface area contributed by atoms with E-state index in [0.29, 0.717) is 12.1 Å². The van der Waals surface area contributed by atoms with Crippen LogP contribution in [0.3, 0.4) is 0 Å². The lowest BCUT2D eigenvalue weighted by molar-refractivity contribution is -0.139. The highest BCUT2D eigenvalue weighted by atomic mass is 16.4. The number of carboxylic acids is 1. The van der Waals surface area contributed by atoms with Crippen LogP contribution in [0.1, 0.15) is 45.1 Å². The molecule has 0 saturated carbocycles. The highest BCUT2D eigenvalue weighted by Gasteiger charge is 2.34. The van der Waals surface area contributed by atoms with Crippen LogP contribution in [0, 0.1) is 0 Å². The number of aryl methyl sites for hydroxylation is 1. The molecule has 1 unspecified atom stereocenters. The quantitative estimate of drug-likeness (QED) is 0.747. The topological polar surface area (TPSA) is 70.5 Å². The number of rotatable bonds is 2. The van der Waals surface area contributed by atoms with E-state index in [2.05, 4.69) is 0 Å². The van der Waals surface area contributed by atoms with Gasteiger partial charge in [-0.1, -0.05) is 42.5 Å². The number of nitrogens with zero attached hydrogens (tertiary/aromatic N) is 2. The van der Waals surface area contributed by atoms with Gasteiger partial charge in [0.15, 0.2) is 0 Å². The first-order chi connectivity index (χ1) is 13.6. The third-order valence-electron chi connectivity index (χ3n) is 5.91. The fourth-order valence-corrected chi connectivity index (χ4v) is 4.59. The number of carbonyl (C=O) groups is 2. The molecule has 2 aliphatic rings. The van der Waals surface area contributed by atoms with Crippen LogP contribution in [0.25, 0.3) is 10.9 Å². The highest BCUT2D eigenvalue weighted by Crippen LogP contribution is 2.34. The van der Waals surface area contributed by atoms with E-state index in [4.69, 9.17) is 4.98 Å². The number of aliphatic carboxylic acids is 1. The van der Waals surface area contributed by atoms with Crippen molar-refractivity contribution in [3.8, 4) is 0 Å². The van der Waals surface area contributed by atoms with Crippen LogP contribution in [0.15, 0.2) is 48.5 Å². The van der Waals surface area contributed by atoms with E-state index in [0.717, 1.165) is 52.5 Å². The molecule has 5 rings (SSSR count). The number of carbonyl (C=O) groups excluding carboxylic acids is 1. The summed E-state index contributed by atoms with van der Waals surface area (Å²) in [5, 5.41) is 10.6. The summed E-state index contributed by atoms with van der Waals surface area (Å²) in [5.74, 6) is -1.68. The normalized spacial score (nSPS) is 18.0. The van der Waals surface area contributed by atoms with Crippen LogP contribution in [0.2, 0.25) is 0 Å². The van der Waals surface area contributed by atoms with Gasteiger partial charge in [-0.25, -0.2) is 0 Å². The maximum absolute atomic E-state index is 13.7. The lowest BCUT2D eigenvalue weighted by Crippen LogP contribution is -2.41. The van der Waals surface area contributed by atoms with Crippen LogP contribution < -0.4 is 0 Å². The minimum Gasteiger partial charge on any atom is -0.481 e. The second kappa shape index (κ2) is 6.44. The fourth-order valence-electron chi connectivity index (χ4n) is 4.59. The summed E-state index contributed by atoms with van der Waals surface area (Å²) in [4.78, 5) is 32.0. The van der Waals surface area contributed by atoms with Crippen molar-refractivity contribution in [3.63, 3.8) is 0 Å². The smallest absolute Gasteiger partial charge is 0.312 e. The Labute approximate surface area is 162 Å². The molecule has 0 bridgehead atoms. The van der Waals surface area contributed by atoms with Crippen LogP contribution in [-0.2, 0) is 24.2 Å². The summed E-state index contributed by atoms with van der Waals surface area (Å²) < 4.78 is 0. The Hall–Kier alpha value is -3.21. The maximum atomic E-state index is 13.7. The van der Waals surface area contributed by atoms with Gasteiger partial charge in [0.25, 0.3) is 5.91 Å². The van der Waals surface area contributed by atoms with Gasteiger partial charge in [0.1, 0.15) is 0 Å². The molecule has 3 aromatic rings. The predicted molar refractivity (Wildman–Crippen MR) is 105 cm³/mol. The Morgan fingerprint density at radius 1 is 1.04 bits per heavy atom. The summed E-state index contributed by atoms with van der Waals surface area (Å²) in [6.07, 6.45) is 2.74. The Morgan fingerprint density at radius 3 is 2.68 bits per heavy atom. The molecule has 0 spiro atoms. The number of para-hydroxylation sites is 1. The van der Waals surface area contributed by atoms with Crippen molar-refractivity contribution in [2.45, 2.75) is 31.7 Å². The number of benzene rings is 2. The van der Waals surface area contributed by atoms with Gasteiger partial charge in [-0.3, -0.25) is 14.6 Å². The van der Waals surface area contributed by atoms with Crippen molar-refractivity contribution in [1.29, 1.82) is 0 Å². The van der Waals surface area contributed by atoms with Crippen molar-refractivity contribution in [2.75, 3.05) is 6.54 Å². The molecule has 1 aliphatic heterocycles. The van der Waals surface area contributed by atoms with E-state index < -0.39 is 11.9 Å². The van der Waals surface area contributed by atoms with Gasteiger partial charge in [-0.05, 0) is 42.0 Å². The molecule has 1 aliphatic carbocycles. The van der Waals surface area contributed by atoms with Gasteiger partial charge >= 0.3 is 5.97 Å². The number of carboxylic acid groups (broad SMARTS) is 1. The summed E-state index contributed by atoms with van der Waals surface area (Å²) >= 11 is 0. The SMILES string of the molecule is O=C(O)C1CN(C(=O)c2c3c(nc4ccccc24)CCC3)Cc2ccccc21. The van der Waals surface area contributed by atoms with Crippen molar-refractivity contribution in [3.05, 3.63) is 76.5 Å². The predicted octanol–water partition coefficient (Wildman–Crippen LogP) is 3.55. The van der Waals surface area contributed by atoms with Crippen LogP contribution in [0.5, 0.6) is 0 Å². The average Bonchev–Trinajstić information content (AvgIpc) is 3.18. The Balaban J connectivity index is 1.62. The molecule has 1 N–H and O–H groups in total. The largest absolute Gasteiger partial charge is 0.481 e. The Morgan fingerprint density at radius 2 is 1.82 bits per heavy atom.